The Morgan fingerprint density at radius 3 is 2.46 bits per heavy atom. The van der Waals surface area contributed by atoms with Crippen LogP contribution in [0.1, 0.15) is 38.2 Å². The summed E-state index contributed by atoms with van der Waals surface area (Å²) in [6.45, 7) is 3.58. The van der Waals surface area contributed by atoms with Crippen molar-refractivity contribution in [1.29, 1.82) is 0 Å². The number of unbranched alkanes of at least 4 members (excludes halogenated alkanes) is 2. The smallest absolute Gasteiger partial charge is 0.264 e. The minimum atomic E-state index is -3.98. The summed E-state index contributed by atoms with van der Waals surface area (Å²) in [4.78, 5) is 22.8. The highest BCUT2D eigenvalue weighted by Crippen LogP contribution is 2.14. The average molecular weight is 356 g/mol. The van der Waals surface area contributed by atoms with Gasteiger partial charge in [0.15, 0.2) is 0 Å². The van der Waals surface area contributed by atoms with Gasteiger partial charge in [0.25, 0.3) is 10.0 Å². The van der Waals surface area contributed by atoms with Gasteiger partial charge < -0.3 is 0 Å². The van der Waals surface area contributed by atoms with Gasteiger partial charge in [-0.3, -0.25) is 14.8 Å². The average Bonchev–Trinajstić information content (AvgIpc) is 2.53. The number of hydrogen-bond donors (Lipinski definition) is 2. The fourth-order valence-corrected chi connectivity index (χ4v) is 3.25. The second-order valence-electron chi connectivity index (χ2n) is 5.70. The van der Waals surface area contributed by atoms with E-state index in [4.69, 9.17) is 0 Å². The van der Waals surface area contributed by atoms with Gasteiger partial charge in [-0.25, -0.2) is 18.2 Å². The molecule has 0 saturated carbocycles. The van der Waals surface area contributed by atoms with Crippen molar-refractivity contribution in [2.24, 2.45) is 5.92 Å². The van der Waals surface area contributed by atoms with Crippen LogP contribution in [0.15, 0.2) is 29.2 Å². The third-order valence-corrected chi connectivity index (χ3v) is 4.98. The molecule has 0 aliphatic rings. The fourth-order valence-electron chi connectivity index (χ4n) is 2.21. The lowest BCUT2D eigenvalue weighted by Crippen LogP contribution is -2.40. The molecule has 8 heteroatoms. The Hall–Kier alpha value is -1.93. The summed E-state index contributed by atoms with van der Waals surface area (Å²) in [7, 11) is -3.98. The largest absolute Gasteiger partial charge is 0.286 e. The van der Waals surface area contributed by atoms with E-state index in [-0.39, 0.29) is 17.9 Å². The summed E-state index contributed by atoms with van der Waals surface area (Å²) >= 11 is 0. The zero-order valence-electron chi connectivity index (χ0n) is 13.9. The predicted octanol–water partition coefficient (Wildman–Crippen LogP) is 1.84. The maximum Gasteiger partial charge on any atom is 0.264 e. The van der Waals surface area contributed by atoms with Gasteiger partial charge >= 0.3 is 0 Å². The molecule has 0 aliphatic heterocycles. The Kier molecular flexibility index (Phi) is 7.87. The third-order valence-electron chi connectivity index (χ3n) is 3.62. The maximum absolute atomic E-state index is 12.3. The molecule has 7 nitrogen and oxygen atoms in total. The van der Waals surface area contributed by atoms with Crippen LogP contribution in [-0.4, -0.2) is 37.6 Å². The number of nitrogens with zero attached hydrogens (tertiary/aromatic N) is 1. The van der Waals surface area contributed by atoms with Crippen LogP contribution >= 0.6 is 0 Å². The van der Waals surface area contributed by atoms with E-state index in [1.54, 1.807) is 12.1 Å². The van der Waals surface area contributed by atoms with Gasteiger partial charge in [-0.15, -0.1) is 0 Å². The molecule has 0 heterocycles. The highest BCUT2D eigenvalue weighted by Gasteiger charge is 2.25. The number of benzene rings is 1. The minimum Gasteiger partial charge on any atom is -0.286 e. The van der Waals surface area contributed by atoms with Crippen LogP contribution in [-0.2, 0) is 19.6 Å². The number of sulfonamides is 1. The van der Waals surface area contributed by atoms with E-state index in [0.717, 1.165) is 18.4 Å². The molecular weight excluding hydrogens is 332 g/mol. The van der Waals surface area contributed by atoms with Gasteiger partial charge in [-0.1, -0.05) is 43.9 Å². The number of rotatable bonds is 10. The minimum absolute atomic E-state index is 0.00926. The van der Waals surface area contributed by atoms with Crippen molar-refractivity contribution < 1.29 is 23.2 Å². The van der Waals surface area contributed by atoms with Crippen LogP contribution in [0.25, 0.3) is 0 Å². The van der Waals surface area contributed by atoms with E-state index in [9.17, 15) is 23.2 Å². The Balaban J connectivity index is 2.84. The third kappa shape index (κ3) is 6.29. The van der Waals surface area contributed by atoms with E-state index in [1.807, 2.05) is 18.6 Å². The first kappa shape index (κ1) is 20.1. The molecule has 0 bridgehead atoms. The molecule has 0 saturated heterocycles. The summed E-state index contributed by atoms with van der Waals surface area (Å²) in [6, 6.07) is 6.11. The molecule has 24 heavy (non-hydrogen) atoms. The van der Waals surface area contributed by atoms with E-state index in [2.05, 4.69) is 0 Å². The van der Waals surface area contributed by atoms with Crippen molar-refractivity contribution in [3.63, 3.8) is 0 Å². The van der Waals surface area contributed by atoms with Gasteiger partial charge in [0, 0.05) is 0 Å². The number of carbonyl (C=O) groups is 2. The molecule has 0 radical (unpaired) electrons. The van der Waals surface area contributed by atoms with Crippen LogP contribution in [0.4, 0.5) is 0 Å². The van der Waals surface area contributed by atoms with Crippen LogP contribution in [0.2, 0.25) is 0 Å². The molecular formula is C16H24N2O5S. The van der Waals surface area contributed by atoms with Crippen molar-refractivity contribution in [3.05, 3.63) is 29.8 Å². The molecule has 0 spiro atoms. The van der Waals surface area contributed by atoms with Crippen molar-refractivity contribution >= 4 is 22.3 Å². The molecule has 0 aromatic heterocycles. The maximum atomic E-state index is 12.3. The fraction of sp³-hybridized carbons (Fsp3) is 0.500. The molecule has 1 aromatic rings. The van der Waals surface area contributed by atoms with E-state index < -0.39 is 21.8 Å². The summed E-state index contributed by atoms with van der Waals surface area (Å²) in [6.07, 6.45) is 3.09. The number of hydrogen-bond acceptors (Lipinski definition) is 5. The molecule has 2 N–H and O–H groups in total. The standard InChI is InChI=1S/C16H24N2O5S/c1-3-4-5-6-14(11-18(21)12-19)16(20)17-24(22,23)15-9-7-13(2)8-10-15/h7-10,12,14,21H,3-6,11H2,1-2H3,(H,17,20). The Bertz CT molecular complexity index is 643. The van der Waals surface area contributed by atoms with Gasteiger partial charge in [0.2, 0.25) is 12.3 Å². The predicted molar refractivity (Wildman–Crippen MR) is 88.7 cm³/mol. The number of carbonyl (C=O) groups excluding carboxylic acids is 2. The van der Waals surface area contributed by atoms with E-state index in [0.29, 0.717) is 17.9 Å². The Morgan fingerprint density at radius 1 is 1.29 bits per heavy atom. The summed E-state index contributed by atoms with van der Waals surface area (Å²) < 4.78 is 26.6. The molecule has 1 rings (SSSR count). The van der Waals surface area contributed by atoms with Crippen molar-refractivity contribution in [2.75, 3.05) is 6.54 Å². The topological polar surface area (TPSA) is 104 Å². The molecule has 0 fully saturated rings. The lowest BCUT2D eigenvalue weighted by atomic mass is 10.0. The van der Waals surface area contributed by atoms with Crippen LogP contribution in [0, 0.1) is 12.8 Å². The first-order valence-electron chi connectivity index (χ1n) is 7.84. The number of aryl methyl sites for hydroxylation is 1. The van der Waals surface area contributed by atoms with Gasteiger partial charge in [-0.05, 0) is 25.5 Å². The lowest BCUT2D eigenvalue weighted by Gasteiger charge is -2.19. The molecule has 0 aliphatic carbocycles. The second-order valence-corrected chi connectivity index (χ2v) is 7.39. The molecule has 1 unspecified atom stereocenters. The van der Waals surface area contributed by atoms with E-state index in [1.165, 1.54) is 12.1 Å². The second kappa shape index (κ2) is 9.39. The summed E-state index contributed by atoms with van der Waals surface area (Å²) in [5.74, 6) is -1.53. The first-order valence-corrected chi connectivity index (χ1v) is 9.32. The number of amides is 2. The highest BCUT2D eigenvalue weighted by atomic mass is 32.2. The summed E-state index contributed by atoms with van der Waals surface area (Å²) in [5, 5.41) is 9.67. The molecule has 2 amide bonds. The van der Waals surface area contributed by atoms with Crippen LogP contribution in [0.3, 0.4) is 0 Å². The van der Waals surface area contributed by atoms with Crippen molar-refractivity contribution in [1.82, 2.24) is 9.79 Å². The molecule has 1 atom stereocenters. The van der Waals surface area contributed by atoms with Gasteiger partial charge in [0.1, 0.15) is 0 Å². The quantitative estimate of drug-likeness (QED) is 0.288. The van der Waals surface area contributed by atoms with Gasteiger partial charge in [-0.2, -0.15) is 0 Å². The van der Waals surface area contributed by atoms with Crippen LogP contribution in [0.5, 0.6) is 0 Å². The zero-order chi connectivity index (χ0) is 18.2. The lowest BCUT2D eigenvalue weighted by molar-refractivity contribution is -0.154. The van der Waals surface area contributed by atoms with Crippen molar-refractivity contribution in [2.45, 2.75) is 44.4 Å². The summed E-state index contributed by atoms with van der Waals surface area (Å²) in [5.41, 5.74) is 0.902. The van der Waals surface area contributed by atoms with Crippen molar-refractivity contribution in [3.8, 4) is 0 Å². The first-order chi connectivity index (χ1) is 11.3. The Labute approximate surface area is 142 Å². The zero-order valence-corrected chi connectivity index (χ0v) is 14.8. The molecule has 1 aromatic carbocycles. The van der Waals surface area contributed by atoms with Gasteiger partial charge in [0.05, 0.1) is 17.4 Å². The normalized spacial score (nSPS) is 12.5. The highest BCUT2D eigenvalue weighted by molar-refractivity contribution is 7.90. The number of hydroxylamine groups is 2. The molecule has 134 valence electrons. The van der Waals surface area contributed by atoms with E-state index >= 15 is 0 Å². The Morgan fingerprint density at radius 2 is 1.92 bits per heavy atom. The monoisotopic (exact) mass is 356 g/mol. The number of nitrogens with one attached hydrogen (secondary N) is 1. The SMILES string of the molecule is CCCCCC(CN(O)C=O)C(=O)NS(=O)(=O)c1ccc(C)cc1. The van der Waals surface area contributed by atoms with Crippen LogP contribution < -0.4 is 4.72 Å².